The van der Waals surface area contributed by atoms with E-state index in [9.17, 15) is 0 Å². The van der Waals surface area contributed by atoms with E-state index >= 15 is 0 Å². The minimum Gasteiger partial charge on any atom is -0.379 e. The van der Waals surface area contributed by atoms with Gasteiger partial charge in [-0.05, 0) is 13.3 Å². The van der Waals surface area contributed by atoms with E-state index in [-0.39, 0.29) is 0 Å². The van der Waals surface area contributed by atoms with Crippen molar-refractivity contribution in [3.05, 3.63) is 0 Å². The summed E-state index contributed by atoms with van der Waals surface area (Å²) in [6.45, 7) is 14.7. The van der Waals surface area contributed by atoms with E-state index in [1.54, 1.807) is 0 Å². The molecule has 9 heteroatoms. The molecular formula is C21H44O9. The predicted molar refractivity (Wildman–Crippen MR) is 113 cm³/mol. The van der Waals surface area contributed by atoms with Gasteiger partial charge in [-0.3, -0.25) is 0 Å². The normalized spacial score (nSPS) is 11.4. The van der Waals surface area contributed by atoms with Crippen LogP contribution in [0, 0.1) is 0 Å². The minimum atomic E-state index is 0.541. The quantitative estimate of drug-likeness (QED) is 0.177. The Kier molecular flexibility index (Phi) is 28.3. The summed E-state index contributed by atoms with van der Waals surface area (Å²) in [7, 11) is 0. The van der Waals surface area contributed by atoms with Crippen LogP contribution in [0.25, 0.3) is 0 Å². The summed E-state index contributed by atoms with van der Waals surface area (Å²) in [5.74, 6) is 0. The third-order valence-electron chi connectivity index (χ3n) is 3.53. The molecule has 0 atom stereocenters. The van der Waals surface area contributed by atoms with Crippen LogP contribution in [0.2, 0.25) is 0 Å². The van der Waals surface area contributed by atoms with Crippen molar-refractivity contribution >= 4 is 0 Å². The monoisotopic (exact) mass is 440 g/mol. The van der Waals surface area contributed by atoms with Gasteiger partial charge in [-0.1, -0.05) is 6.92 Å². The lowest BCUT2D eigenvalue weighted by Gasteiger charge is -2.08. The van der Waals surface area contributed by atoms with Crippen molar-refractivity contribution in [1.82, 2.24) is 0 Å². The van der Waals surface area contributed by atoms with Crippen LogP contribution in [-0.4, -0.2) is 119 Å². The standard InChI is InChI=1S/C21H44O9/c1-3-5-23-8-9-25-12-13-27-16-17-29-20-21-30-19-18-28-15-14-26-11-10-24-7-6-22-4-2/h3-21H2,1-2H3. The zero-order chi connectivity index (χ0) is 21.8. The van der Waals surface area contributed by atoms with Gasteiger partial charge >= 0.3 is 0 Å². The second kappa shape index (κ2) is 28.6. The Balaban J connectivity index is 2.97. The van der Waals surface area contributed by atoms with Gasteiger partial charge in [0.25, 0.3) is 0 Å². The molecule has 0 aromatic carbocycles. The van der Waals surface area contributed by atoms with Gasteiger partial charge in [0.1, 0.15) is 0 Å². The number of hydrogen-bond acceptors (Lipinski definition) is 9. The summed E-state index contributed by atoms with van der Waals surface area (Å²) in [5, 5.41) is 0. The lowest BCUT2D eigenvalue weighted by Crippen LogP contribution is -2.15. The van der Waals surface area contributed by atoms with Crippen LogP contribution in [0.15, 0.2) is 0 Å². The Hall–Kier alpha value is -0.360. The summed E-state index contributed by atoms with van der Waals surface area (Å²) >= 11 is 0. The average Bonchev–Trinajstić information content (AvgIpc) is 2.76. The molecule has 0 saturated heterocycles. The zero-order valence-corrected chi connectivity index (χ0v) is 19.1. The molecular weight excluding hydrogens is 396 g/mol. The van der Waals surface area contributed by atoms with Crippen molar-refractivity contribution in [3.63, 3.8) is 0 Å². The van der Waals surface area contributed by atoms with Gasteiger partial charge in [-0.25, -0.2) is 0 Å². The fourth-order valence-corrected chi connectivity index (χ4v) is 2.05. The molecule has 0 spiro atoms. The maximum absolute atomic E-state index is 5.43. The average molecular weight is 441 g/mol. The maximum atomic E-state index is 5.43. The Labute approximate surface area is 182 Å². The fourth-order valence-electron chi connectivity index (χ4n) is 2.05. The second-order valence-corrected chi connectivity index (χ2v) is 6.10. The van der Waals surface area contributed by atoms with Crippen molar-refractivity contribution in [2.24, 2.45) is 0 Å². The summed E-state index contributed by atoms with van der Waals surface area (Å²) in [5.41, 5.74) is 0. The minimum absolute atomic E-state index is 0.541. The van der Waals surface area contributed by atoms with Gasteiger partial charge in [0.2, 0.25) is 0 Å². The fraction of sp³-hybridized carbons (Fsp3) is 1.00. The lowest BCUT2D eigenvalue weighted by molar-refractivity contribution is -0.0248. The van der Waals surface area contributed by atoms with E-state index in [0.717, 1.165) is 19.6 Å². The van der Waals surface area contributed by atoms with E-state index in [1.807, 2.05) is 6.92 Å². The molecule has 0 aromatic heterocycles. The highest BCUT2D eigenvalue weighted by Crippen LogP contribution is 1.86. The van der Waals surface area contributed by atoms with E-state index in [2.05, 4.69) is 6.92 Å². The predicted octanol–water partition coefficient (Wildman–Crippen LogP) is 1.57. The van der Waals surface area contributed by atoms with Crippen molar-refractivity contribution in [1.29, 1.82) is 0 Å². The molecule has 0 saturated carbocycles. The van der Waals surface area contributed by atoms with Crippen LogP contribution in [0.5, 0.6) is 0 Å². The highest BCUT2D eigenvalue weighted by Gasteiger charge is 1.95. The molecule has 0 N–H and O–H groups in total. The molecule has 182 valence electrons. The molecule has 0 heterocycles. The first-order chi connectivity index (χ1) is 14.9. The number of hydrogen-bond donors (Lipinski definition) is 0. The van der Waals surface area contributed by atoms with Gasteiger partial charge in [0, 0.05) is 13.2 Å². The van der Waals surface area contributed by atoms with Gasteiger partial charge < -0.3 is 42.6 Å². The number of ether oxygens (including phenoxy) is 9. The SMILES string of the molecule is CCCOCCOCCOCCOCCOCCOCCOCCOCCOCC. The van der Waals surface area contributed by atoms with Gasteiger partial charge in [0.05, 0.1) is 106 Å². The van der Waals surface area contributed by atoms with Gasteiger partial charge in [-0.2, -0.15) is 0 Å². The summed E-state index contributed by atoms with van der Waals surface area (Å²) in [4.78, 5) is 0. The molecule has 0 aromatic rings. The molecule has 0 unspecified atom stereocenters. The summed E-state index contributed by atoms with van der Waals surface area (Å²) in [6, 6.07) is 0. The van der Waals surface area contributed by atoms with Gasteiger partial charge in [-0.15, -0.1) is 0 Å². The van der Waals surface area contributed by atoms with E-state index < -0.39 is 0 Å². The molecule has 0 fully saturated rings. The number of rotatable bonds is 27. The second-order valence-electron chi connectivity index (χ2n) is 6.10. The van der Waals surface area contributed by atoms with Crippen LogP contribution in [-0.2, 0) is 42.6 Å². The zero-order valence-electron chi connectivity index (χ0n) is 19.1. The first-order valence-corrected chi connectivity index (χ1v) is 11.1. The smallest absolute Gasteiger partial charge is 0.0701 e. The van der Waals surface area contributed by atoms with Crippen molar-refractivity contribution in [3.8, 4) is 0 Å². The molecule has 9 nitrogen and oxygen atoms in total. The van der Waals surface area contributed by atoms with Crippen LogP contribution >= 0.6 is 0 Å². The molecule has 0 rings (SSSR count). The largest absolute Gasteiger partial charge is 0.379 e. The van der Waals surface area contributed by atoms with E-state index in [4.69, 9.17) is 42.6 Å². The Bertz CT molecular complexity index is 268. The van der Waals surface area contributed by atoms with Crippen LogP contribution < -0.4 is 0 Å². The van der Waals surface area contributed by atoms with Crippen molar-refractivity contribution in [2.45, 2.75) is 20.3 Å². The summed E-state index contributed by atoms with van der Waals surface area (Å²) < 4.78 is 48.3. The van der Waals surface area contributed by atoms with Crippen molar-refractivity contribution < 1.29 is 42.6 Å². The van der Waals surface area contributed by atoms with Crippen LogP contribution in [0.1, 0.15) is 20.3 Å². The Morgan fingerprint density at radius 2 is 0.467 bits per heavy atom. The molecule has 0 bridgehead atoms. The Morgan fingerprint density at radius 1 is 0.267 bits per heavy atom. The first-order valence-electron chi connectivity index (χ1n) is 11.1. The molecule has 0 aliphatic carbocycles. The Morgan fingerprint density at radius 3 is 0.667 bits per heavy atom. The van der Waals surface area contributed by atoms with E-state index in [1.165, 1.54) is 0 Å². The first kappa shape index (κ1) is 29.6. The van der Waals surface area contributed by atoms with Crippen molar-refractivity contribution in [2.75, 3.05) is 119 Å². The highest BCUT2D eigenvalue weighted by atomic mass is 16.6. The van der Waals surface area contributed by atoms with E-state index in [0.29, 0.717) is 106 Å². The topological polar surface area (TPSA) is 83.1 Å². The van der Waals surface area contributed by atoms with Crippen LogP contribution in [0.3, 0.4) is 0 Å². The third-order valence-corrected chi connectivity index (χ3v) is 3.53. The lowest BCUT2D eigenvalue weighted by atomic mass is 10.5. The highest BCUT2D eigenvalue weighted by molar-refractivity contribution is 4.38. The summed E-state index contributed by atoms with van der Waals surface area (Å²) in [6.07, 6.45) is 1.03. The third kappa shape index (κ3) is 27.6. The molecule has 0 amide bonds. The molecule has 30 heavy (non-hydrogen) atoms. The molecule has 0 radical (unpaired) electrons. The van der Waals surface area contributed by atoms with Gasteiger partial charge in [0.15, 0.2) is 0 Å². The maximum Gasteiger partial charge on any atom is 0.0701 e. The molecule has 0 aliphatic heterocycles. The molecule has 0 aliphatic rings. The van der Waals surface area contributed by atoms with Crippen LogP contribution in [0.4, 0.5) is 0 Å².